The van der Waals surface area contributed by atoms with Gasteiger partial charge >= 0.3 is 0 Å². The summed E-state index contributed by atoms with van der Waals surface area (Å²) in [4.78, 5) is 0. The van der Waals surface area contributed by atoms with E-state index in [0.717, 1.165) is 40.8 Å². The monoisotopic (exact) mass is 463 g/mol. The molecule has 2 nitrogen and oxygen atoms in total. The second-order valence-corrected chi connectivity index (χ2v) is 8.72. The molecular formula is C33H37NO. The number of rotatable bonds is 10. The Balaban J connectivity index is 2.22. The molecule has 0 aliphatic carbocycles. The van der Waals surface area contributed by atoms with Crippen molar-refractivity contribution in [1.82, 2.24) is 4.57 Å². The molecule has 35 heavy (non-hydrogen) atoms. The molecule has 180 valence electrons. The summed E-state index contributed by atoms with van der Waals surface area (Å²) in [5.74, 6) is 0.842. The minimum absolute atomic E-state index is 0.0932. The van der Waals surface area contributed by atoms with Crippen LogP contribution in [0.3, 0.4) is 0 Å². The minimum atomic E-state index is 0.0932. The summed E-state index contributed by atoms with van der Waals surface area (Å²) < 4.78 is 8.35. The van der Waals surface area contributed by atoms with Crippen LogP contribution in [-0.4, -0.2) is 10.7 Å². The predicted molar refractivity (Wildman–Crippen MR) is 153 cm³/mol. The van der Waals surface area contributed by atoms with Crippen LogP contribution in [0.15, 0.2) is 86.5 Å². The lowest BCUT2D eigenvalue weighted by Crippen LogP contribution is -2.29. The molecule has 0 radical (unpaired) electrons. The predicted octanol–water partition coefficient (Wildman–Crippen LogP) is 7.05. The Hall–Kier alpha value is -3.78. The van der Waals surface area contributed by atoms with Gasteiger partial charge < -0.3 is 9.30 Å². The summed E-state index contributed by atoms with van der Waals surface area (Å²) in [6.07, 6.45) is 14.2. The van der Waals surface area contributed by atoms with Crippen molar-refractivity contribution in [1.29, 1.82) is 0 Å². The lowest BCUT2D eigenvalue weighted by molar-refractivity contribution is 0.242. The smallest absolute Gasteiger partial charge is 0.127 e. The summed E-state index contributed by atoms with van der Waals surface area (Å²) in [7, 11) is 0. The van der Waals surface area contributed by atoms with Gasteiger partial charge in [0.2, 0.25) is 0 Å². The van der Waals surface area contributed by atoms with Crippen LogP contribution >= 0.6 is 0 Å². The molecule has 0 atom stereocenters. The zero-order valence-electron chi connectivity index (χ0n) is 21.6. The first-order chi connectivity index (χ1) is 16.9. The third-order valence-electron chi connectivity index (χ3n) is 5.90. The molecule has 0 aliphatic rings. The highest BCUT2D eigenvalue weighted by atomic mass is 16.5. The molecule has 0 aliphatic heterocycles. The average Bonchev–Trinajstić information content (AvgIpc) is 3.15. The van der Waals surface area contributed by atoms with E-state index in [1.165, 1.54) is 22.0 Å². The average molecular weight is 464 g/mol. The van der Waals surface area contributed by atoms with Gasteiger partial charge in [-0.3, -0.25) is 0 Å². The van der Waals surface area contributed by atoms with Crippen molar-refractivity contribution in [3.05, 3.63) is 119 Å². The highest BCUT2D eigenvalue weighted by molar-refractivity contribution is 5.76. The first-order valence-corrected chi connectivity index (χ1v) is 12.3. The number of allylic oxidation sites excluding steroid dienone is 4. The van der Waals surface area contributed by atoms with Crippen LogP contribution in [0, 0.1) is 0 Å². The second-order valence-electron chi connectivity index (χ2n) is 8.72. The lowest BCUT2D eigenvalue weighted by Gasteiger charge is -2.15. The molecule has 0 saturated heterocycles. The zero-order chi connectivity index (χ0) is 25.4. The molecule has 2 aromatic carbocycles. The van der Waals surface area contributed by atoms with Crippen LogP contribution in [0.1, 0.15) is 50.1 Å². The number of nitrogens with zero attached hydrogens (tertiary/aromatic N) is 1. The normalized spacial score (nSPS) is 12.5. The summed E-state index contributed by atoms with van der Waals surface area (Å²) in [5.41, 5.74) is 6.73. The summed E-state index contributed by atoms with van der Waals surface area (Å²) in [6.45, 7) is 20.4. The quantitative estimate of drug-likeness (QED) is 0.294. The molecule has 0 bridgehead atoms. The first-order valence-electron chi connectivity index (χ1n) is 12.3. The zero-order valence-corrected chi connectivity index (χ0v) is 21.6. The highest BCUT2D eigenvalue weighted by Gasteiger charge is 2.13. The Bertz CT molecular complexity index is 1350. The largest absolute Gasteiger partial charge is 0.490 e. The summed E-state index contributed by atoms with van der Waals surface area (Å²) >= 11 is 0. The Morgan fingerprint density at radius 1 is 1.09 bits per heavy atom. The maximum atomic E-state index is 6.02. The van der Waals surface area contributed by atoms with Crippen molar-refractivity contribution in [3.63, 3.8) is 0 Å². The van der Waals surface area contributed by atoms with Gasteiger partial charge in [0.05, 0.1) is 11.5 Å². The molecule has 0 spiro atoms. The molecule has 3 rings (SSSR count). The fourth-order valence-corrected chi connectivity index (χ4v) is 4.38. The molecule has 3 aromatic rings. The van der Waals surface area contributed by atoms with Crippen molar-refractivity contribution in [2.45, 2.75) is 46.6 Å². The SMILES string of the molecule is C=C/C=c1\c(=C/Cc2ccc(OC(C)C)c(C(=C)C=C)c2)c(CC)c(/C=C\C)n1-c1ccccc1. The Morgan fingerprint density at radius 2 is 1.83 bits per heavy atom. The van der Waals surface area contributed by atoms with E-state index >= 15 is 0 Å². The number of para-hydroxylation sites is 1. The van der Waals surface area contributed by atoms with Crippen molar-refractivity contribution < 1.29 is 4.74 Å². The van der Waals surface area contributed by atoms with Gasteiger partial charge in [-0.1, -0.05) is 75.2 Å². The van der Waals surface area contributed by atoms with Crippen molar-refractivity contribution >= 4 is 23.8 Å². The Morgan fingerprint density at radius 3 is 2.43 bits per heavy atom. The van der Waals surface area contributed by atoms with Crippen molar-refractivity contribution in [2.75, 3.05) is 0 Å². The third kappa shape index (κ3) is 5.84. The molecular weight excluding hydrogens is 426 g/mol. The van der Waals surface area contributed by atoms with E-state index in [2.05, 4.69) is 98.9 Å². The van der Waals surface area contributed by atoms with Gasteiger partial charge in [-0.25, -0.2) is 0 Å². The fourth-order valence-electron chi connectivity index (χ4n) is 4.38. The van der Waals surface area contributed by atoms with Gasteiger partial charge in [0, 0.05) is 22.2 Å². The van der Waals surface area contributed by atoms with E-state index < -0.39 is 0 Å². The standard InChI is InChI=1S/C33H37NO/c1-8-15-31-28(11-4)29(32(16-9-2)34(31)27-17-13-12-14-18-27)21-19-26-20-22-33(35-24(5)6)30(23-26)25(7)10-3/h8-10,12-18,20-24H,2-3,7,11,19H2,1,4-6H3/b15-8-,29-21-,32-16+. The van der Waals surface area contributed by atoms with Crippen molar-refractivity contribution in [3.8, 4) is 11.4 Å². The Labute approximate surface area is 210 Å². The van der Waals surface area contributed by atoms with Crippen LogP contribution in [0.5, 0.6) is 5.75 Å². The van der Waals surface area contributed by atoms with Gasteiger partial charge in [-0.2, -0.15) is 0 Å². The van der Waals surface area contributed by atoms with Crippen LogP contribution in [0.2, 0.25) is 0 Å². The topological polar surface area (TPSA) is 14.2 Å². The minimum Gasteiger partial charge on any atom is -0.490 e. The molecule has 2 heteroatoms. The molecule has 0 amide bonds. The van der Waals surface area contributed by atoms with Crippen LogP contribution < -0.4 is 15.3 Å². The second kappa shape index (κ2) is 12.1. The van der Waals surface area contributed by atoms with E-state index in [4.69, 9.17) is 4.74 Å². The van der Waals surface area contributed by atoms with E-state index in [1.807, 2.05) is 32.1 Å². The van der Waals surface area contributed by atoms with E-state index in [1.54, 1.807) is 6.08 Å². The van der Waals surface area contributed by atoms with Crippen LogP contribution in [0.25, 0.3) is 29.5 Å². The summed E-state index contributed by atoms with van der Waals surface area (Å²) in [5, 5.41) is 2.39. The summed E-state index contributed by atoms with van der Waals surface area (Å²) in [6, 6.07) is 16.9. The van der Waals surface area contributed by atoms with Crippen LogP contribution in [-0.2, 0) is 12.8 Å². The molecule has 1 heterocycles. The highest BCUT2D eigenvalue weighted by Crippen LogP contribution is 2.28. The van der Waals surface area contributed by atoms with Gasteiger partial charge in [0.25, 0.3) is 0 Å². The van der Waals surface area contributed by atoms with Crippen LogP contribution in [0.4, 0.5) is 0 Å². The maximum Gasteiger partial charge on any atom is 0.127 e. The molecule has 0 saturated carbocycles. The molecule has 0 N–H and O–H groups in total. The maximum absolute atomic E-state index is 6.02. The molecule has 0 fully saturated rings. The van der Waals surface area contributed by atoms with E-state index in [-0.39, 0.29) is 6.10 Å². The Kier molecular flexibility index (Phi) is 8.92. The third-order valence-corrected chi connectivity index (χ3v) is 5.90. The van der Waals surface area contributed by atoms with Crippen molar-refractivity contribution in [2.24, 2.45) is 0 Å². The first kappa shape index (κ1) is 25.8. The van der Waals surface area contributed by atoms with E-state index in [9.17, 15) is 0 Å². The lowest BCUT2D eigenvalue weighted by atomic mass is 10.0. The van der Waals surface area contributed by atoms with Gasteiger partial charge in [0.1, 0.15) is 5.75 Å². The van der Waals surface area contributed by atoms with Gasteiger partial charge in [-0.05, 0) is 86.7 Å². The number of benzene rings is 2. The number of aromatic nitrogens is 1. The number of hydrogen-bond donors (Lipinski definition) is 0. The molecule has 1 aromatic heterocycles. The molecule has 0 unspecified atom stereocenters. The fraction of sp³-hybridized carbons (Fsp3) is 0.212. The number of ether oxygens (including phenoxy) is 1. The van der Waals surface area contributed by atoms with Gasteiger partial charge in [0.15, 0.2) is 0 Å². The van der Waals surface area contributed by atoms with E-state index in [0.29, 0.717) is 0 Å². The number of hydrogen-bond acceptors (Lipinski definition) is 1. The van der Waals surface area contributed by atoms with Gasteiger partial charge in [-0.15, -0.1) is 0 Å².